The lowest BCUT2D eigenvalue weighted by Crippen LogP contribution is -1.94. The normalized spacial score (nSPS) is 11.8. The lowest BCUT2D eigenvalue weighted by Gasteiger charge is -2.21. The quantitative estimate of drug-likeness (QED) is 0.181. The van der Waals surface area contributed by atoms with Gasteiger partial charge in [0.05, 0.1) is 11.2 Å². The van der Waals surface area contributed by atoms with E-state index in [1.54, 1.807) is 0 Å². The Balaban J connectivity index is 1.22. The molecule has 0 fully saturated rings. The summed E-state index contributed by atoms with van der Waals surface area (Å²) in [7, 11) is 0. The van der Waals surface area contributed by atoms with Gasteiger partial charge in [0.2, 0.25) is 0 Å². The first kappa shape index (κ1) is 26.9. The van der Waals surface area contributed by atoms with Crippen LogP contribution in [0, 0.1) is 0 Å². The summed E-state index contributed by atoms with van der Waals surface area (Å²) >= 11 is 0. The summed E-state index contributed by atoms with van der Waals surface area (Å²) in [6.07, 6.45) is 0. The van der Waals surface area contributed by atoms with Crippen molar-refractivity contribution in [2.75, 3.05) is 0 Å². The number of fused-ring (bicyclic) bond motifs is 6. The van der Waals surface area contributed by atoms with Crippen LogP contribution in [0.5, 0.6) is 0 Å². The Morgan fingerprint density at radius 3 is 1.65 bits per heavy atom. The molecule has 0 saturated carbocycles. The van der Waals surface area contributed by atoms with Gasteiger partial charge in [0.25, 0.3) is 0 Å². The Bertz CT molecular complexity index is 2680. The van der Waals surface area contributed by atoms with Gasteiger partial charge < -0.3 is 0 Å². The molecule has 1 nitrogen and oxygen atoms in total. The number of pyridine rings is 1. The molecule has 1 aromatic heterocycles. The lowest BCUT2D eigenvalue weighted by atomic mass is 9.82. The third-order valence-electron chi connectivity index (χ3n) is 9.99. The van der Waals surface area contributed by atoms with Crippen molar-refractivity contribution < 1.29 is 0 Å². The molecule has 222 valence electrons. The van der Waals surface area contributed by atoms with Gasteiger partial charge >= 0.3 is 0 Å². The lowest BCUT2D eigenvalue weighted by molar-refractivity contribution is 1.41. The van der Waals surface area contributed by atoms with Crippen LogP contribution in [0.15, 0.2) is 176 Å². The average molecular weight is 608 g/mol. The summed E-state index contributed by atoms with van der Waals surface area (Å²) in [4.78, 5) is 5.19. The molecule has 0 aliphatic heterocycles. The fourth-order valence-electron chi connectivity index (χ4n) is 7.81. The molecule has 0 atom stereocenters. The standard InChI is InChI=1S/C47H29N/c1-3-11-30(12-4-1)41-29-40(32-21-24-33(25-22-32)42-28-27-36-26-23-31-13-7-8-18-37(31)47(36)48-42)44(35-14-5-2-6-15-35)46-39-20-10-17-34-16-9-19-38(43(34)39)45(41)46/h1-29H. The second-order valence-electron chi connectivity index (χ2n) is 12.7. The molecular formula is C47H29N. The summed E-state index contributed by atoms with van der Waals surface area (Å²) in [5, 5.41) is 6.17. The topological polar surface area (TPSA) is 12.9 Å². The summed E-state index contributed by atoms with van der Waals surface area (Å²) in [5.41, 5.74) is 15.8. The number of hydrogen-bond acceptors (Lipinski definition) is 1. The molecule has 0 spiro atoms. The number of aromatic nitrogens is 1. The molecule has 48 heavy (non-hydrogen) atoms. The number of rotatable bonds is 4. The van der Waals surface area contributed by atoms with Gasteiger partial charge in [0.1, 0.15) is 0 Å². The van der Waals surface area contributed by atoms with Gasteiger partial charge in [-0.05, 0) is 83.9 Å². The molecule has 10 rings (SSSR count). The van der Waals surface area contributed by atoms with Crippen molar-refractivity contribution in [2.45, 2.75) is 0 Å². The van der Waals surface area contributed by atoms with E-state index in [0.717, 1.165) is 22.2 Å². The first-order valence-electron chi connectivity index (χ1n) is 16.6. The maximum Gasteiger partial charge on any atom is 0.0787 e. The van der Waals surface area contributed by atoms with Crippen LogP contribution in [0.25, 0.3) is 99.3 Å². The zero-order valence-electron chi connectivity index (χ0n) is 26.2. The van der Waals surface area contributed by atoms with E-state index in [1.165, 1.54) is 77.2 Å². The summed E-state index contributed by atoms with van der Waals surface area (Å²) in [6.45, 7) is 0. The molecule has 0 amide bonds. The Hall–Kier alpha value is -6.31. The van der Waals surface area contributed by atoms with Crippen LogP contribution < -0.4 is 0 Å². The fourth-order valence-corrected chi connectivity index (χ4v) is 7.81. The molecule has 0 unspecified atom stereocenters. The highest BCUT2D eigenvalue weighted by atomic mass is 14.7. The SMILES string of the molecule is c1ccc(-c2cc(-c3ccc(-c4ccc5ccc6ccccc6c5n4)cc3)c(-c3ccccc3)c3c2-c2cccc4cccc-3c24)cc1. The summed E-state index contributed by atoms with van der Waals surface area (Å²) in [5.74, 6) is 0. The van der Waals surface area contributed by atoms with E-state index in [1.807, 2.05) is 0 Å². The number of hydrogen-bond donors (Lipinski definition) is 0. The summed E-state index contributed by atoms with van der Waals surface area (Å²) < 4.78 is 0. The van der Waals surface area contributed by atoms with Crippen molar-refractivity contribution in [1.82, 2.24) is 4.98 Å². The Labute approximate surface area is 279 Å². The van der Waals surface area contributed by atoms with Gasteiger partial charge in [-0.25, -0.2) is 4.98 Å². The third kappa shape index (κ3) is 4.08. The van der Waals surface area contributed by atoms with Crippen molar-refractivity contribution in [3.8, 4) is 66.9 Å². The van der Waals surface area contributed by atoms with Crippen LogP contribution in [0.1, 0.15) is 0 Å². The molecule has 0 bridgehead atoms. The first-order chi connectivity index (χ1) is 23.8. The minimum Gasteiger partial charge on any atom is -0.247 e. The highest BCUT2D eigenvalue weighted by molar-refractivity contribution is 6.22. The zero-order valence-corrected chi connectivity index (χ0v) is 26.2. The van der Waals surface area contributed by atoms with Crippen molar-refractivity contribution in [1.29, 1.82) is 0 Å². The highest BCUT2D eigenvalue weighted by Gasteiger charge is 2.30. The van der Waals surface area contributed by atoms with Gasteiger partial charge in [-0.1, -0.05) is 164 Å². The maximum absolute atomic E-state index is 5.19. The molecule has 1 heterocycles. The molecule has 1 aliphatic rings. The molecule has 0 N–H and O–H groups in total. The largest absolute Gasteiger partial charge is 0.247 e. The van der Waals surface area contributed by atoms with E-state index >= 15 is 0 Å². The van der Waals surface area contributed by atoms with Crippen LogP contribution in [0.4, 0.5) is 0 Å². The molecular weight excluding hydrogens is 579 g/mol. The Morgan fingerprint density at radius 1 is 0.312 bits per heavy atom. The minimum absolute atomic E-state index is 0.981. The van der Waals surface area contributed by atoms with Gasteiger partial charge in [-0.3, -0.25) is 0 Å². The van der Waals surface area contributed by atoms with Crippen molar-refractivity contribution in [3.05, 3.63) is 176 Å². The Morgan fingerprint density at radius 2 is 0.875 bits per heavy atom. The molecule has 0 saturated heterocycles. The highest BCUT2D eigenvalue weighted by Crippen LogP contribution is 2.57. The molecule has 9 aromatic rings. The van der Waals surface area contributed by atoms with E-state index in [-0.39, 0.29) is 0 Å². The zero-order chi connectivity index (χ0) is 31.6. The van der Waals surface area contributed by atoms with Gasteiger partial charge in [0, 0.05) is 16.3 Å². The van der Waals surface area contributed by atoms with E-state index in [4.69, 9.17) is 4.98 Å². The smallest absolute Gasteiger partial charge is 0.0787 e. The maximum atomic E-state index is 5.19. The second-order valence-corrected chi connectivity index (χ2v) is 12.7. The minimum atomic E-state index is 0.981. The molecule has 1 aliphatic carbocycles. The van der Waals surface area contributed by atoms with Crippen molar-refractivity contribution >= 4 is 32.4 Å². The van der Waals surface area contributed by atoms with E-state index in [0.29, 0.717) is 0 Å². The third-order valence-corrected chi connectivity index (χ3v) is 9.99. The molecule has 1 heteroatoms. The molecule has 0 radical (unpaired) electrons. The number of nitrogens with zero attached hydrogens (tertiary/aromatic N) is 1. The second kappa shape index (κ2) is 10.6. The first-order valence-corrected chi connectivity index (χ1v) is 16.6. The average Bonchev–Trinajstić information content (AvgIpc) is 3.50. The predicted molar refractivity (Wildman–Crippen MR) is 203 cm³/mol. The van der Waals surface area contributed by atoms with E-state index < -0.39 is 0 Å². The van der Waals surface area contributed by atoms with Crippen LogP contribution >= 0.6 is 0 Å². The van der Waals surface area contributed by atoms with Gasteiger partial charge in [-0.2, -0.15) is 0 Å². The van der Waals surface area contributed by atoms with Crippen molar-refractivity contribution in [3.63, 3.8) is 0 Å². The van der Waals surface area contributed by atoms with Crippen LogP contribution in [0.2, 0.25) is 0 Å². The summed E-state index contributed by atoms with van der Waals surface area (Å²) in [6, 6.07) is 63.9. The van der Waals surface area contributed by atoms with Gasteiger partial charge in [-0.15, -0.1) is 0 Å². The van der Waals surface area contributed by atoms with Crippen molar-refractivity contribution in [2.24, 2.45) is 0 Å². The van der Waals surface area contributed by atoms with E-state index in [2.05, 4.69) is 176 Å². The number of benzene rings is 8. The Kier molecular flexibility index (Phi) is 5.94. The fraction of sp³-hybridized carbons (Fsp3) is 0. The van der Waals surface area contributed by atoms with Crippen LogP contribution in [-0.4, -0.2) is 4.98 Å². The predicted octanol–water partition coefficient (Wildman–Crippen LogP) is 12.9. The van der Waals surface area contributed by atoms with Gasteiger partial charge in [0.15, 0.2) is 0 Å². The monoisotopic (exact) mass is 607 g/mol. The van der Waals surface area contributed by atoms with Crippen LogP contribution in [-0.2, 0) is 0 Å². The molecule has 8 aromatic carbocycles. The van der Waals surface area contributed by atoms with Crippen LogP contribution in [0.3, 0.4) is 0 Å². The van der Waals surface area contributed by atoms with E-state index in [9.17, 15) is 0 Å².